The van der Waals surface area contributed by atoms with E-state index in [1.807, 2.05) is 6.92 Å². The van der Waals surface area contributed by atoms with Gasteiger partial charge in [0.05, 0.1) is 0 Å². The summed E-state index contributed by atoms with van der Waals surface area (Å²) in [5, 5.41) is 9.04. The summed E-state index contributed by atoms with van der Waals surface area (Å²) in [6, 6.07) is 2.43. The third kappa shape index (κ3) is 2.30. The average Bonchev–Trinajstić information content (AvgIpc) is 2.98. The summed E-state index contributed by atoms with van der Waals surface area (Å²) in [5.41, 5.74) is 0. The first-order valence-electron chi connectivity index (χ1n) is 5.80. The predicted molar refractivity (Wildman–Crippen MR) is 68.2 cm³/mol. The first kappa shape index (κ1) is 13.5. The minimum Gasteiger partial charge on any atom is -0.480 e. The van der Waals surface area contributed by atoms with Crippen molar-refractivity contribution in [2.75, 3.05) is 6.54 Å². The smallest absolute Gasteiger partial charge is 0.322 e. The summed E-state index contributed by atoms with van der Waals surface area (Å²) in [4.78, 5) is 12.0. The first-order chi connectivity index (χ1) is 8.46. The number of carboxylic acid groups (broad SMARTS) is 1. The van der Waals surface area contributed by atoms with E-state index in [-0.39, 0.29) is 4.21 Å². The zero-order valence-corrected chi connectivity index (χ0v) is 11.6. The Morgan fingerprint density at radius 2 is 2.28 bits per heavy atom. The minimum absolute atomic E-state index is 0.243. The van der Waals surface area contributed by atoms with Gasteiger partial charge in [-0.1, -0.05) is 6.92 Å². The molecule has 100 valence electrons. The van der Waals surface area contributed by atoms with E-state index in [4.69, 9.17) is 5.11 Å². The van der Waals surface area contributed by atoms with Crippen molar-refractivity contribution < 1.29 is 18.3 Å². The van der Waals surface area contributed by atoms with Crippen molar-refractivity contribution in [2.24, 2.45) is 0 Å². The number of nitrogens with zero attached hydrogens (tertiary/aromatic N) is 1. The van der Waals surface area contributed by atoms with Gasteiger partial charge in [-0.3, -0.25) is 4.79 Å². The number of thiophene rings is 1. The maximum atomic E-state index is 12.4. The minimum atomic E-state index is -3.65. The fourth-order valence-electron chi connectivity index (χ4n) is 2.08. The number of aryl methyl sites for hydroxylation is 1. The summed E-state index contributed by atoms with van der Waals surface area (Å²) in [7, 11) is -3.65. The normalized spacial score (nSPS) is 21.3. The number of hydrogen-bond acceptors (Lipinski definition) is 4. The molecule has 0 unspecified atom stereocenters. The highest BCUT2D eigenvalue weighted by Gasteiger charge is 2.39. The van der Waals surface area contributed by atoms with Gasteiger partial charge in [-0.2, -0.15) is 4.31 Å². The topological polar surface area (TPSA) is 74.7 Å². The molecule has 1 aliphatic rings. The SMILES string of the molecule is CCc1ccc(S(=O)(=O)N2CCC[C@H]2C(=O)O)s1. The van der Waals surface area contributed by atoms with Crippen molar-refractivity contribution in [2.45, 2.75) is 36.4 Å². The van der Waals surface area contributed by atoms with Crippen molar-refractivity contribution in [1.29, 1.82) is 0 Å². The fraction of sp³-hybridized carbons (Fsp3) is 0.545. The molecule has 1 aliphatic heterocycles. The molecule has 0 radical (unpaired) electrons. The molecule has 0 saturated carbocycles. The van der Waals surface area contributed by atoms with Crippen LogP contribution in [-0.2, 0) is 21.2 Å². The lowest BCUT2D eigenvalue weighted by molar-refractivity contribution is -0.140. The number of carbonyl (C=O) groups is 1. The molecule has 0 amide bonds. The Balaban J connectivity index is 2.33. The Labute approximate surface area is 110 Å². The number of aliphatic carboxylic acids is 1. The molecule has 0 aliphatic carbocycles. The summed E-state index contributed by atoms with van der Waals surface area (Å²) in [6.07, 6.45) is 1.77. The molecule has 1 aromatic rings. The molecular weight excluding hydrogens is 274 g/mol. The summed E-state index contributed by atoms with van der Waals surface area (Å²) >= 11 is 1.22. The number of carboxylic acids is 1. The van der Waals surface area contributed by atoms with Gasteiger partial charge in [0.1, 0.15) is 10.3 Å². The molecule has 1 atom stereocenters. The number of sulfonamides is 1. The van der Waals surface area contributed by atoms with E-state index < -0.39 is 22.0 Å². The molecule has 5 nitrogen and oxygen atoms in total. The third-order valence-corrected chi connectivity index (χ3v) is 6.64. The third-order valence-electron chi connectivity index (χ3n) is 3.04. The number of hydrogen-bond donors (Lipinski definition) is 1. The Bertz CT molecular complexity index is 549. The van der Waals surface area contributed by atoms with E-state index in [0.717, 1.165) is 15.6 Å². The molecule has 7 heteroatoms. The predicted octanol–water partition coefficient (Wildman–Crippen LogP) is 1.55. The van der Waals surface area contributed by atoms with E-state index in [9.17, 15) is 13.2 Å². The molecule has 2 heterocycles. The monoisotopic (exact) mass is 289 g/mol. The molecule has 1 N–H and O–H groups in total. The zero-order chi connectivity index (χ0) is 13.3. The van der Waals surface area contributed by atoms with Gasteiger partial charge in [0, 0.05) is 11.4 Å². The Kier molecular flexibility index (Phi) is 3.74. The summed E-state index contributed by atoms with van der Waals surface area (Å²) in [5.74, 6) is -1.07. The van der Waals surface area contributed by atoms with Crippen molar-refractivity contribution in [1.82, 2.24) is 4.31 Å². The van der Waals surface area contributed by atoms with Crippen LogP contribution in [0, 0.1) is 0 Å². The Hall–Kier alpha value is -0.920. The maximum absolute atomic E-state index is 12.4. The van der Waals surface area contributed by atoms with Gasteiger partial charge in [-0.05, 0) is 31.4 Å². The van der Waals surface area contributed by atoms with Crippen molar-refractivity contribution in [3.8, 4) is 0 Å². The van der Waals surface area contributed by atoms with Crippen LogP contribution in [0.15, 0.2) is 16.3 Å². The lowest BCUT2D eigenvalue weighted by atomic mass is 10.2. The molecular formula is C11H15NO4S2. The van der Waals surface area contributed by atoms with Gasteiger partial charge in [-0.15, -0.1) is 11.3 Å². The van der Waals surface area contributed by atoms with Crippen LogP contribution in [0.25, 0.3) is 0 Å². The molecule has 1 saturated heterocycles. The van der Waals surface area contributed by atoms with E-state index in [1.54, 1.807) is 12.1 Å². The van der Waals surface area contributed by atoms with Gasteiger partial charge in [0.15, 0.2) is 0 Å². The average molecular weight is 289 g/mol. The molecule has 1 fully saturated rings. The van der Waals surface area contributed by atoms with Gasteiger partial charge in [-0.25, -0.2) is 8.42 Å². The van der Waals surface area contributed by atoms with Crippen LogP contribution in [0.3, 0.4) is 0 Å². The summed E-state index contributed by atoms with van der Waals surface area (Å²) < 4.78 is 26.1. The fourth-order valence-corrected chi connectivity index (χ4v) is 5.15. The van der Waals surface area contributed by atoms with E-state index >= 15 is 0 Å². The Morgan fingerprint density at radius 3 is 2.83 bits per heavy atom. The number of rotatable bonds is 4. The second-order valence-corrected chi connectivity index (χ2v) is 7.47. The highest BCUT2D eigenvalue weighted by atomic mass is 32.2. The van der Waals surface area contributed by atoms with Crippen molar-refractivity contribution in [3.05, 3.63) is 17.0 Å². The molecule has 1 aromatic heterocycles. The van der Waals surface area contributed by atoms with Crippen molar-refractivity contribution in [3.63, 3.8) is 0 Å². The van der Waals surface area contributed by atoms with Gasteiger partial charge in [0.25, 0.3) is 10.0 Å². The van der Waals surface area contributed by atoms with Crippen LogP contribution >= 0.6 is 11.3 Å². The van der Waals surface area contributed by atoms with Crippen LogP contribution < -0.4 is 0 Å². The second-order valence-electron chi connectivity index (χ2n) is 4.19. The van der Waals surface area contributed by atoms with Crippen LogP contribution in [0.2, 0.25) is 0 Å². The van der Waals surface area contributed by atoms with Gasteiger partial charge >= 0.3 is 5.97 Å². The summed E-state index contributed by atoms with van der Waals surface area (Å²) in [6.45, 7) is 2.25. The molecule has 0 aromatic carbocycles. The maximum Gasteiger partial charge on any atom is 0.322 e. The molecule has 0 spiro atoms. The Morgan fingerprint density at radius 1 is 1.56 bits per heavy atom. The lowest BCUT2D eigenvalue weighted by Crippen LogP contribution is -2.40. The van der Waals surface area contributed by atoms with Crippen molar-refractivity contribution >= 4 is 27.3 Å². The molecule has 0 bridgehead atoms. The van der Waals surface area contributed by atoms with Gasteiger partial charge in [0.2, 0.25) is 0 Å². The van der Waals surface area contributed by atoms with E-state index in [0.29, 0.717) is 19.4 Å². The quantitative estimate of drug-likeness (QED) is 0.912. The zero-order valence-electron chi connectivity index (χ0n) is 10.00. The lowest BCUT2D eigenvalue weighted by Gasteiger charge is -2.19. The molecule has 2 rings (SSSR count). The standard InChI is InChI=1S/C11H15NO4S2/c1-2-8-5-6-10(17-8)18(15,16)12-7-3-4-9(12)11(13)14/h5-6,9H,2-4,7H2,1H3,(H,13,14)/t9-/m0/s1. The van der Waals surface area contributed by atoms with Crippen LogP contribution in [0.1, 0.15) is 24.6 Å². The second kappa shape index (κ2) is 4.99. The first-order valence-corrected chi connectivity index (χ1v) is 8.06. The van der Waals surface area contributed by atoms with E-state index in [1.165, 1.54) is 11.3 Å². The van der Waals surface area contributed by atoms with E-state index in [2.05, 4.69) is 0 Å². The van der Waals surface area contributed by atoms with Crippen LogP contribution in [0.4, 0.5) is 0 Å². The molecule has 18 heavy (non-hydrogen) atoms. The van der Waals surface area contributed by atoms with Crippen LogP contribution in [0.5, 0.6) is 0 Å². The van der Waals surface area contributed by atoms with Crippen LogP contribution in [-0.4, -0.2) is 36.4 Å². The largest absolute Gasteiger partial charge is 0.480 e. The highest BCUT2D eigenvalue weighted by Crippen LogP contribution is 2.30. The highest BCUT2D eigenvalue weighted by molar-refractivity contribution is 7.91. The van der Waals surface area contributed by atoms with Gasteiger partial charge < -0.3 is 5.11 Å².